The lowest BCUT2D eigenvalue weighted by molar-refractivity contribution is 0.145. The van der Waals surface area contributed by atoms with Crippen molar-refractivity contribution < 1.29 is 9.84 Å². The van der Waals surface area contributed by atoms with E-state index in [1.807, 2.05) is 26.0 Å². The number of aliphatic hydroxyl groups is 1. The molecule has 0 saturated heterocycles. The molecule has 1 rings (SSSR count). The molecule has 0 amide bonds. The van der Waals surface area contributed by atoms with Crippen LogP contribution in [0.3, 0.4) is 0 Å². The number of nitrogens with one attached hydrogen (secondary N) is 1. The Kier molecular flexibility index (Phi) is 3.49. The first-order chi connectivity index (χ1) is 6.60. The number of ether oxygens (including phenoxy) is 1. The van der Waals surface area contributed by atoms with Crippen LogP contribution in [-0.4, -0.2) is 19.3 Å². The topological polar surface area (TPSA) is 41.5 Å². The van der Waals surface area contributed by atoms with Crippen LogP contribution in [0, 0.1) is 13.8 Å². The summed E-state index contributed by atoms with van der Waals surface area (Å²) in [6.07, 6.45) is -0.677. The summed E-state index contributed by atoms with van der Waals surface area (Å²) in [5.74, 6) is 0.718. The van der Waals surface area contributed by atoms with Crippen molar-refractivity contribution in [2.75, 3.05) is 14.2 Å². The van der Waals surface area contributed by atoms with Crippen LogP contribution in [0.4, 0.5) is 0 Å². The van der Waals surface area contributed by atoms with E-state index >= 15 is 0 Å². The monoisotopic (exact) mass is 195 g/mol. The van der Waals surface area contributed by atoms with Crippen LogP contribution in [0.5, 0.6) is 5.75 Å². The van der Waals surface area contributed by atoms with Crippen LogP contribution in [0.1, 0.15) is 22.9 Å². The van der Waals surface area contributed by atoms with E-state index < -0.39 is 6.23 Å². The Labute approximate surface area is 84.7 Å². The van der Waals surface area contributed by atoms with E-state index in [4.69, 9.17) is 4.74 Å². The van der Waals surface area contributed by atoms with Crippen molar-refractivity contribution in [3.05, 3.63) is 28.8 Å². The molecule has 0 saturated carbocycles. The second-order valence-electron chi connectivity index (χ2n) is 3.37. The summed E-state index contributed by atoms with van der Waals surface area (Å²) in [5, 5.41) is 12.4. The molecule has 78 valence electrons. The average Bonchev–Trinajstić information content (AvgIpc) is 2.20. The number of benzene rings is 1. The van der Waals surface area contributed by atoms with E-state index in [9.17, 15) is 5.11 Å². The SMILES string of the molecule is CNC(O)c1cc(C)c(C)cc1OC. The van der Waals surface area contributed by atoms with Crippen molar-refractivity contribution in [1.82, 2.24) is 5.32 Å². The van der Waals surface area contributed by atoms with Gasteiger partial charge in [-0.05, 0) is 44.2 Å². The molecule has 0 aliphatic heterocycles. The summed E-state index contributed by atoms with van der Waals surface area (Å²) in [7, 11) is 3.31. The molecule has 0 aromatic heterocycles. The van der Waals surface area contributed by atoms with Gasteiger partial charge < -0.3 is 9.84 Å². The van der Waals surface area contributed by atoms with E-state index in [0.717, 1.165) is 22.4 Å². The summed E-state index contributed by atoms with van der Waals surface area (Å²) in [6, 6.07) is 3.88. The van der Waals surface area contributed by atoms with Crippen LogP contribution in [0.15, 0.2) is 12.1 Å². The third-order valence-electron chi connectivity index (χ3n) is 2.41. The van der Waals surface area contributed by atoms with Crippen LogP contribution in [0.2, 0.25) is 0 Å². The lowest BCUT2D eigenvalue weighted by Crippen LogP contribution is -2.16. The normalized spacial score (nSPS) is 12.6. The highest BCUT2D eigenvalue weighted by atomic mass is 16.5. The Bertz CT molecular complexity index is 323. The van der Waals surface area contributed by atoms with E-state index in [0.29, 0.717) is 0 Å². The predicted molar refractivity (Wildman–Crippen MR) is 56.5 cm³/mol. The van der Waals surface area contributed by atoms with E-state index in [2.05, 4.69) is 5.32 Å². The summed E-state index contributed by atoms with van der Waals surface area (Å²) >= 11 is 0. The maximum Gasteiger partial charge on any atom is 0.134 e. The highest BCUT2D eigenvalue weighted by molar-refractivity contribution is 5.42. The Morgan fingerprint density at radius 3 is 2.36 bits per heavy atom. The Morgan fingerprint density at radius 2 is 1.86 bits per heavy atom. The first-order valence-corrected chi connectivity index (χ1v) is 4.60. The van der Waals surface area contributed by atoms with Gasteiger partial charge in [0.1, 0.15) is 12.0 Å². The molecule has 3 heteroatoms. The van der Waals surface area contributed by atoms with Crippen molar-refractivity contribution >= 4 is 0 Å². The molecule has 14 heavy (non-hydrogen) atoms. The van der Waals surface area contributed by atoms with Crippen molar-refractivity contribution in [1.29, 1.82) is 0 Å². The number of hydrogen-bond donors (Lipinski definition) is 2. The van der Waals surface area contributed by atoms with Gasteiger partial charge in [0.25, 0.3) is 0 Å². The van der Waals surface area contributed by atoms with Gasteiger partial charge in [-0.3, -0.25) is 5.32 Å². The minimum atomic E-state index is -0.677. The van der Waals surface area contributed by atoms with Gasteiger partial charge in [-0.2, -0.15) is 0 Å². The molecule has 2 N–H and O–H groups in total. The zero-order valence-electron chi connectivity index (χ0n) is 9.09. The Hall–Kier alpha value is -1.06. The van der Waals surface area contributed by atoms with Crippen LogP contribution >= 0.6 is 0 Å². The number of aliphatic hydroxyl groups excluding tert-OH is 1. The van der Waals surface area contributed by atoms with Gasteiger partial charge in [0.2, 0.25) is 0 Å². The molecule has 0 fully saturated rings. The van der Waals surface area contributed by atoms with Gasteiger partial charge in [-0.1, -0.05) is 0 Å². The maximum absolute atomic E-state index is 9.67. The van der Waals surface area contributed by atoms with E-state index in [1.165, 1.54) is 0 Å². The van der Waals surface area contributed by atoms with E-state index in [-0.39, 0.29) is 0 Å². The zero-order valence-corrected chi connectivity index (χ0v) is 9.09. The van der Waals surface area contributed by atoms with Crippen molar-refractivity contribution in [3.63, 3.8) is 0 Å². The smallest absolute Gasteiger partial charge is 0.134 e. The molecule has 0 radical (unpaired) electrons. The maximum atomic E-state index is 9.67. The van der Waals surface area contributed by atoms with Gasteiger partial charge in [-0.15, -0.1) is 0 Å². The van der Waals surface area contributed by atoms with Crippen LogP contribution in [-0.2, 0) is 0 Å². The molecule has 0 spiro atoms. The second kappa shape index (κ2) is 4.44. The third-order valence-corrected chi connectivity index (χ3v) is 2.41. The highest BCUT2D eigenvalue weighted by Crippen LogP contribution is 2.26. The Balaban J connectivity index is 3.19. The van der Waals surface area contributed by atoms with Gasteiger partial charge in [-0.25, -0.2) is 0 Å². The summed E-state index contributed by atoms with van der Waals surface area (Å²) in [5.41, 5.74) is 3.09. The first kappa shape index (κ1) is 11.0. The van der Waals surface area contributed by atoms with Gasteiger partial charge in [0.05, 0.1) is 7.11 Å². The second-order valence-corrected chi connectivity index (χ2v) is 3.37. The number of hydrogen-bond acceptors (Lipinski definition) is 3. The molecule has 1 aromatic carbocycles. The quantitative estimate of drug-likeness (QED) is 0.718. The minimum Gasteiger partial charge on any atom is -0.496 e. The lowest BCUT2D eigenvalue weighted by atomic mass is 10.0. The molecule has 0 bridgehead atoms. The molecule has 0 aliphatic rings. The number of methoxy groups -OCH3 is 1. The van der Waals surface area contributed by atoms with Crippen molar-refractivity contribution in [3.8, 4) is 5.75 Å². The minimum absolute atomic E-state index is 0.677. The van der Waals surface area contributed by atoms with Crippen LogP contribution < -0.4 is 10.1 Å². The van der Waals surface area contributed by atoms with Gasteiger partial charge >= 0.3 is 0 Å². The van der Waals surface area contributed by atoms with Gasteiger partial charge in [0, 0.05) is 5.56 Å². The van der Waals surface area contributed by atoms with E-state index in [1.54, 1.807) is 14.2 Å². The van der Waals surface area contributed by atoms with Gasteiger partial charge in [0.15, 0.2) is 0 Å². The fourth-order valence-corrected chi connectivity index (χ4v) is 1.36. The number of aryl methyl sites for hydroxylation is 2. The first-order valence-electron chi connectivity index (χ1n) is 4.60. The average molecular weight is 195 g/mol. The molecule has 1 atom stereocenters. The molecule has 0 heterocycles. The molecule has 3 nitrogen and oxygen atoms in total. The highest BCUT2D eigenvalue weighted by Gasteiger charge is 2.12. The predicted octanol–water partition coefficient (Wildman–Crippen LogP) is 1.52. The fourth-order valence-electron chi connectivity index (χ4n) is 1.36. The Morgan fingerprint density at radius 1 is 1.29 bits per heavy atom. The van der Waals surface area contributed by atoms with Crippen molar-refractivity contribution in [2.24, 2.45) is 0 Å². The summed E-state index contributed by atoms with van der Waals surface area (Å²) < 4.78 is 5.20. The molecule has 1 unspecified atom stereocenters. The van der Waals surface area contributed by atoms with Crippen LogP contribution in [0.25, 0.3) is 0 Å². The summed E-state index contributed by atoms with van der Waals surface area (Å²) in [4.78, 5) is 0. The molecular formula is C11H17NO2. The zero-order chi connectivity index (χ0) is 10.7. The number of rotatable bonds is 3. The molecule has 0 aliphatic carbocycles. The summed E-state index contributed by atoms with van der Waals surface area (Å²) in [6.45, 7) is 4.04. The largest absolute Gasteiger partial charge is 0.496 e. The lowest BCUT2D eigenvalue weighted by Gasteiger charge is -2.16. The fraction of sp³-hybridized carbons (Fsp3) is 0.455. The van der Waals surface area contributed by atoms with Crippen molar-refractivity contribution in [2.45, 2.75) is 20.1 Å². The molecular weight excluding hydrogens is 178 g/mol. The third kappa shape index (κ3) is 2.05. The molecule has 1 aromatic rings. The standard InChI is InChI=1S/C11H17NO2/c1-7-5-9(11(13)12-3)10(14-4)6-8(7)2/h5-6,11-13H,1-4H3.